The molecule has 0 aromatic heterocycles. The van der Waals surface area contributed by atoms with Crippen LogP contribution in [-0.4, -0.2) is 43.5 Å². The number of hydrogen-bond donors (Lipinski definition) is 1. The van der Waals surface area contributed by atoms with Gasteiger partial charge < -0.3 is 10.6 Å². The van der Waals surface area contributed by atoms with Gasteiger partial charge in [-0.15, -0.1) is 0 Å². The second-order valence-corrected chi connectivity index (χ2v) is 5.36. The van der Waals surface area contributed by atoms with E-state index in [0.29, 0.717) is 13.1 Å². The second-order valence-electron chi connectivity index (χ2n) is 5.36. The van der Waals surface area contributed by atoms with Crippen LogP contribution in [0.2, 0.25) is 0 Å². The fourth-order valence-corrected chi connectivity index (χ4v) is 2.93. The smallest absolute Gasteiger partial charge is 0.241 e. The second kappa shape index (κ2) is 5.72. The molecule has 2 N–H and O–H groups in total. The summed E-state index contributed by atoms with van der Waals surface area (Å²) < 4.78 is 0. The number of benzene rings is 1. The van der Waals surface area contributed by atoms with Crippen LogP contribution in [0.15, 0.2) is 12.1 Å². The molecule has 1 aliphatic heterocycles. The molecule has 0 atom stereocenters. The molecule has 0 unspecified atom stereocenters. The van der Waals surface area contributed by atoms with E-state index in [0.717, 1.165) is 25.3 Å². The van der Waals surface area contributed by atoms with Crippen molar-refractivity contribution in [1.82, 2.24) is 4.90 Å². The predicted molar refractivity (Wildman–Crippen MR) is 78.5 cm³/mol. The molecule has 4 heteroatoms. The van der Waals surface area contributed by atoms with Crippen LogP contribution >= 0.6 is 0 Å². The lowest BCUT2D eigenvalue weighted by Gasteiger charge is -2.35. The summed E-state index contributed by atoms with van der Waals surface area (Å²) in [5.41, 5.74) is 10.2. The fourth-order valence-electron chi connectivity index (χ4n) is 2.93. The maximum Gasteiger partial charge on any atom is 0.241 e. The number of piperazine rings is 1. The van der Waals surface area contributed by atoms with Crippen molar-refractivity contribution in [2.24, 2.45) is 5.73 Å². The van der Waals surface area contributed by atoms with E-state index in [-0.39, 0.29) is 5.91 Å². The first-order chi connectivity index (χ1) is 9.02. The number of aryl methyl sites for hydroxylation is 3. The van der Waals surface area contributed by atoms with Gasteiger partial charge in [0.1, 0.15) is 0 Å². The number of carbonyl (C=O) groups excluding carboxylic acids is 1. The summed E-state index contributed by atoms with van der Waals surface area (Å²) in [6, 6.07) is 4.28. The quantitative estimate of drug-likeness (QED) is 0.890. The Kier molecular flexibility index (Phi) is 4.22. The van der Waals surface area contributed by atoms with Crippen LogP contribution in [0.25, 0.3) is 0 Å². The van der Waals surface area contributed by atoms with Gasteiger partial charge in [-0.2, -0.15) is 0 Å². The zero-order chi connectivity index (χ0) is 14.0. The van der Waals surface area contributed by atoms with Crippen LogP contribution in [0.3, 0.4) is 0 Å². The lowest BCUT2D eigenvalue weighted by molar-refractivity contribution is -0.121. The van der Waals surface area contributed by atoms with Crippen LogP contribution in [0.5, 0.6) is 0 Å². The van der Waals surface area contributed by atoms with Crippen molar-refractivity contribution < 1.29 is 4.79 Å². The molecule has 1 aliphatic rings. The molecule has 0 saturated carbocycles. The van der Waals surface area contributed by atoms with E-state index in [2.05, 4.69) is 37.8 Å². The number of nitrogens with two attached hydrogens (primary N) is 1. The molecule has 0 bridgehead atoms. The lowest BCUT2D eigenvalue weighted by Crippen LogP contribution is -2.51. The van der Waals surface area contributed by atoms with Gasteiger partial charge in [-0.1, -0.05) is 17.7 Å². The van der Waals surface area contributed by atoms with Crippen molar-refractivity contribution in [2.75, 3.05) is 37.6 Å². The maximum absolute atomic E-state index is 12.3. The fraction of sp³-hybridized carbons (Fsp3) is 0.533. The molecule has 2 rings (SSSR count). The first-order valence-electron chi connectivity index (χ1n) is 6.83. The number of anilines is 1. The van der Waals surface area contributed by atoms with Gasteiger partial charge in [0.25, 0.3) is 0 Å². The molecular formula is C15H23N3O. The van der Waals surface area contributed by atoms with Crippen LogP contribution in [-0.2, 0) is 4.79 Å². The minimum absolute atomic E-state index is 0.176. The minimum atomic E-state index is 0.176. The first-order valence-corrected chi connectivity index (χ1v) is 6.83. The normalized spacial score (nSPS) is 17.1. The van der Waals surface area contributed by atoms with Crippen LogP contribution in [0.4, 0.5) is 5.69 Å². The summed E-state index contributed by atoms with van der Waals surface area (Å²) in [5, 5.41) is 0. The highest BCUT2D eigenvalue weighted by Gasteiger charge is 2.26. The monoisotopic (exact) mass is 261 g/mol. The summed E-state index contributed by atoms with van der Waals surface area (Å²) in [6.45, 7) is 9.78. The van der Waals surface area contributed by atoms with Gasteiger partial charge in [0.2, 0.25) is 5.91 Å². The van der Waals surface area contributed by atoms with E-state index >= 15 is 0 Å². The highest BCUT2D eigenvalue weighted by atomic mass is 16.2. The Balaban J connectivity index is 2.22. The Hall–Kier alpha value is -1.39. The van der Waals surface area contributed by atoms with E-state index in [1.807, 2.05) is 4.90 Å². The predicted octanol–water partition coefficient (Wildman–Crippen LogP) is 1.22. The summed E-state index contributed by atoms with van der Waals surface area (Å²) in [4.78, 5) is 16.4. The largest absolute Gasteiger partial charge is 0.329 e. The third-order valence-electron chi connectivity index (χ3n) is 3.65. The number of carbonyl (C=O) groups is 1. The molecule has 1 saturated heterocycles. The Bertz CT molecular complexity index is 461. The van der Waals surface area contributed by atoms with Gasteiger partial charge in [0.05, 0.1) is 6.54 Å². The summed E-state index contributed by atoms with van der Waals surface area (Å²) >= 11 is 0. The average Bonchev–Trinajstić information content (AvgIpc) is 2.31. The molecule has 1 aromatic rings. The number of rotatable bonds is 3. The zero-order valence-electron chi connectivity index (χ0n) is 12.1. The van der Waals surface area contributed by atoms with Gasteiger partial charge in [0.15, 0.2) is 0 Å². The van der Waals surface area contributed by atoms with E-state index in [1.54, 1.807) is 0 Å². The van der Waals surface area contributed by atoms with Crippen molar-refractivity contribution in [3.05, 3.63) is 28.8 Å². The highest BCUT2D eigenvalue weighted by molar-refractivity contribution is 5.97. The van der Waals surface area contributed by atoms with Crippen LogP contribution in [0.1, 0.15) is 16.7 Å². The molecule has 104 valence electrons. The average molecular weight is 261 g/mol. The molecule has 0 aliphatic carbocycles. The van der Waals surface area contributed by atoms with Crippen molar-refractivity contribution >= 4 is 11.6 Å². The highest BCUT2D eigenvalue weighted by Crippen LogP contribution is 2.27. The van der Waals surface area contributed by atoms with Crippen molar-refractivity contribution in [3.63, 3.8) is 0 Å². The zero-order valence-corrected chi connectivity index (χ0v) is 12.1. The SMILES string of the molecule is Cc1cc(C)c(N2CCN(CCN)CC2=O)c(C)c1. The summed E-state index contributed by atoms with van der Waals surface area (Å²) in [7, 11) is 0. The van der Waals surface area contributed by atoms with Gasteiger partial charge in [-0.05, 0) is 31.9 Å². The van der Waals surface area contributed by atoms with Gasteiger partial charge in [-0.3, -0.25) is 9.69 Å². The van der Waals surface area contributed by atoms with E-state index in [9.17, 15) is 4.79 Å². The van der Waals surface area contributed by atoms with E-state index in [4.69, 9.17) is 5.73 Å². The number of amides is 1. The van der Waals surface area contributed by atoms with Gasteiger partial charge in [0, 0.05) is 31.9 Å². The molecular weight excluding hydrogens is 238 g/mol. The Morgan fingerprint density at radius 2 is 1.79 bits per heavy atom. The van der Waals surface area contributed by atoms with Crippen molar-refractivity contribution in [3.8, 4) is 0 Å². The molecule has 4 nitrogen and oxygen atoms in total. The molecule has 1 heterocycles. The van der Waals surface area contributed by atoms with Gasteiger partial charge >= 0.3 is 0 Å². The van der Waals surface area contributed by atoms with Gasteiger partial charge in [-0.25, -0.2) is 0 Å². The minimum Gasteiger partial charge on any atom is -0.329 e. The van der Waals surface area contributed by atoms with Crippen molar-refractivity contribution in [2.45, 2.75) is 20.8 Å². The lowest BCUT2D eigenvalue weighted by atomic mass is 10.0. The van der Waals surface area contributed by atoms with Crippen molar-refractivity contribution in [1.29, 1.82) is 0 Å². The Labute approximate surface area is 115 Å². The molecule has 1 aromatic carbocycles. The molecule has 1 fully saturated rings. The maximum atomic E-state index is 12.3. The first kappa shape index (κ1) is 14.0. The topological polar surface area (TPSA) is 49.6 Å². The molecule has 1 amide bonds. The van der Waals surface area contributed by atoms with E-state index in [1.165, 1.54) is 16.7 Å². The Morgan fingerprint density at radius 3 is 2.32 bits per heavy atom. The molecule has 0 spiro atoms. The van der Waals surface area contributed by atoms with Crippen LogP contribution < -0.4 is 10.6 Å². The molecule has 0 radical (unpaired) electrons. The summed E-state index contributed by atoms with van der Waals surface area (Å²) in [5.74, 6) is 0.176. The van der Waals surface area contributed by atoms with Crippen LogP contribution in [0, 0.1) is 20.8 Å². The third-order valence-corrected chi connectivity index (χ3v) is 3.65. The van der Waals surface area contributed by atoms with E-state index < -0.39 is 0 Å². The number of hydrogen-bond acceptors (Lipinski definition) is 3. The molecule has 19 heavy (non-hydrogen) atoms. The Morgan fingerprint density at radius 1 is 1.16 bits per heavy atom. The third kappa shape index (κ3) is 2.96. The standard InChI is InChI=1S/C15H23N3O/c1-11-8-12(2)15(13(3)9-11)18-7-6-17(5-4-16)10-14(18)19/h8-9H,4-7,10,16H2,1-3H3. The summed E-state index contributed by atoms with van der Waals surface area (Å²) in [6.07, 6.45) is 0. The number of nitrogens with zero attached hydrogens (tertiary/aromatic N) is 2.